The number of halogens is 1. The van der Waals surface area contributed by atoms with Gasteiger partial charge in [0.2, 0.25) is 0 Å². The molecule has 0 aromatic carbocycles. The fourth-order valence-corrected chi connectivity index (χ4v) is 0. The zero-order chi connectivity index (χ0) is 8.57. The van der Waals surface area contributed by atoms with Crippen molar-refractivity contribution in [3.8, 4) is 0 Å². The van der Waals surface area contributed by atoms with Gasteiger partial charge in [0, 0.05) is 16.6 Å². The summed E-state index contributed by atoms with van der Waals surface area (Å²) in [6.07, 6.45) is 0.222. The van der Waals surface area contributed by atoms with Crippen LogP contribution in [0.2, 0.25) is 0 Å². The van der Waals surface area contributed by atoms with Crippen LogP contribution in [0.25, 0.3) is 0 Å². The van der Waals surface area contributed by atoms with E-state index >= 15 is 0 Å². The summed E-state index contributed by atoms with van der Waals surface area (Å²) in [6.45, 7) is 3.07. The SMILES string of the molecule is CCC(=O)[O-].CCC(=O)[O-].[F].[Pd+2]. The predicted octanol–water partition coefficient (Wildman–Crippen LogP) is -1.29. The van der Waals surface area contributed by atoms with E-state index < -0.39 is 11.9 Å². The molecular formula is C6H10FO4Pd. The van der Waals surface area contributed by atoms with Crippen LogP contribution in [0.4, 0.5) is 4.70 Å². The van der Waals surface area contributed by atoms with Crippen LogP contribution in [0.15, 0.2) is 0 Å². The van der Waals surface area contributed by atoms with Gasteiger partial charge in [-0.3, -0.25) is 0 Å². The van der Waals surface area contributed by atoms with Crippen molar-refractivity contribution in [2.24, 2.45) is 0 Å². The number of hydrogen-bond acceptors (Lipinski definition) is 4. The van der Waals surface area contributed by atoms with Gasteiger partial charge < -0.3 is 19.8 Å². The van der Waals surface area contributed by atoms with Crippen LogP contribution in [0.3, 0.4) is 0 Å². The summed E-state index contributed by atoms with van der Waals surface area (Å²) in [4.78, 5) is 18.5. The number of aliphatic carboxylic acids is 2. The van der Waals surface area contributed by atoms with Crippen molar-refractivity contribution in [1.29, 1.82) is 0 Å². The summed E-state index contributed by atoms with van der Waals surface area (Å²) in [7, 11) is 0. The molecule has 0 amide bonds. The summed E-state index contributed by atoms with van der Waals surface area (Å²) in [5, 5.41) is 18.5. The van der Waals surface area contributed by atoms with E-state index in [2.05, 4.69) is 0 Å². The van der Waals surface area contributed by atoms with E-state index in [1.165, 1.54) is 13.8 Å². The largest absolute Gasteiger partial charge is 2.00 e. The van der Waals surface area contributed by atoms with Gasteiger partial charge in [-0.15, -0.1) is 0 Å². The first kappa shape index (κ1) is 22.5. The monoisotopic (exact) mass is 271 g/mol. The average molecular weight is 272 g/mol. The molecule has 1 radical (unpaired) electrons. The zero-order valence-electron chi connectivity index (χ0n) is 6.74. The number of carboxylic acid groups (broad SMARTS) is 2. The molecule has 0 aliphatic rings. The molecule has 0 aromatic heterocycles. The Morgan fingerprint density at radius 3 is 1.08 bits per heavy atom. The van der Waals surface area contributed by atoms with E-state index in [9.17, 15) is 19.8 Å². The van der Waals surface area contributed by atoms with Crippen LogP contribution >= 0.6 is 0 Å². The molecule has 0 unspecified atom stereocenters. The molecule has 12 heavy (non-hydrogen) atoms. The van der Waals surface area contributed by atoms with Gasteiger partial charge in [-0.25, -0.2) is 0 Å². The second kappa shape index (κ2) is 16.9. The quantitative estimate of drug-likeness (QED) is 0.585. The molecule has 0 aliphatic carbocycles. The fourth-order valence-electron chi connectivity index (χ4n) is 0. The smallest absolute Gasteiger partial charge is 0.550 e. The molecule has 0 saturated carbocycles. The normalized spacial score (nSPS) is 6.17. The summed E-state index contributed by atoms with van der Waals surface area (Å²) in [5.74, 6) is -1.99. The number of rotatable bonds is 2. The standard InChI is InChI=1S/2C3H6O2.F.Pd/c2*1-2-3(4)5;;/h2*2H2,1H3,(H,4,5);;/q;;;+2/p-2. The van der Waals surface area contributed by atoms with E-state index in [4.69, 9.17) is 0 Å². The summed E-state index contributed by atoms with van der Waals surface area (Å²) in [5.41, 5.74) is 0. The van der Waals surface area contributed by atoms with Crippen LogP contribution in [0.1, 0.15) is 26.7 Å². The maximum atomic E-state index is 9.26. The second-order valence-corrected chi connectivity index (χ2v) is 1.45. The molecular weight excluding hydrogens is 261 g/mol. The average Bonchev–Trinajstić information content (AvgIpc) is 1.89. The Morgan fingerprint density at radius 1 is 1.00 bits per heavy atom. The molecule has 0 spiro atoms. The maximum Gasteiger partial charge on any atom is 2.00 e. The first-order valence-electron chi connectivity index (χ1n) is 2.94. The van der Waals surface area contributed by atoms with Gasteiger partial charge >= 0.3 is 20.4 Å². The van der Waals surface area contributed by atoms with E-state index in [1.807, 2.05) is 0 Å². The Morgan fingerprint density at radius 2 is 1.08 bits per heavy atom. The minimum absolute atomic E-state index is 0. The molecule has 0 atom stereocenters. The Hall–Kier alpha value is -0.468. The van der Waals surface area contributed by atoms with Crippen molar-refractivity contribution in [2.45, 2.75) is 26.7 Å². The zero-order valence-corrected chi connectivity index (χ0v) is 8.30. The van der Waals surface area contributed by atoms with Crippen LogP contribution in [-0.4, -0.2) is 11.9 Å². The summed E-state index contributed by atoms with van der Waals surface area (Å²) in [6, 6.07) is 0. The van der Waals surface area contributed by atoms with E-state index in [1.54, 1.807) is 0 Å². The van der Waals surface area contributed by atoms with Gasteiger partial charge in [0.25, 0.3) is 0 Å². The molecule has 4 nitrogen and oxygen atoms in total. The first-order valence-corrected chi connectivity index (χ1v) is 2.94. The second-order valence-electron chi connectivity index (χ2n) is 1.45. The molecule has 0 rings (SSSR count). The molecule has 6 heteroatoms. The van der Waals surface area contributed by atoms with Crippen molar-refractivity contribution < 1.29 is 44.9 Å². The Balaban J connectivity index is -0.0000000457. The number of carbonyl (C=O) groups excluding carboxylic acids is 2. The van der Waals surface area contributed by atoms with Crippen molar-refractivity contribution in [2.75, 3.05) is 0 Å². The van der Waals surface area contributed by atoms with Crippen molar-refractivity contribution in [3.63, 3.8) is 0 Å². The van der Waals surface area contributed by atoms with Crippen molar-refractivity contribution >= 4 is 11.9 Å². The summed E-state index contributed by atoms with van der Waals surface area (Å²) < 4.78 is 0. The Labute approximate surface area is 84.0 Å². The van der Waals surface area contributed by atoms with E-state index in [0.717, 1.165) is 0 Å². The molecule has 0 fully saturated rings. The third-order valence-corrected chi connectivity index (χ3v) is 0.577. The van der Waals surface area contributed by atoms with Crippen LogP contribution in [0, 0.1) is 0 Å². The minimum Gasteiger partial charge on any atom is -0.550 e. The number of carboxylic acids is 2. The number of carbonyl (C=O) groups is 2. The van der Waals surface area contributed by atoms with Crippen LogP contribution < -0.4 is 10.2 Å². The fraction of sp³-hybridized carbons (Fsp3) is 0.667. The topological polar surface area (TPSA) is 80.3 Å². The van der Waals surface area contributed by atoms with Gasteiger partial charge in [-0.1, -0.05) is 13.8 Å². The van der Waals surface area contributed by atoms with Gasteiger partial charge in [0.15, 0.2) is 0 Å². The van der Waals surface area contributed by atoms with Gasteiger partial charge in [0.1, 0.15) is 0 Å². The van der Waals surface area contributed by atoms with E-state index in [-0.39, 0.29) is 38.0 Å². The minimum atomic E-state index is -0.995. The first-order chi connectivity index (χ1) is 4.54. The van der Waals surface area contributed by atoms with Gasteiger partial charge in [-0.2, -0.15) is 0 Å². The molecule has 75 valence electrons. The predicted molar refractivity (Wildman–Crippen MR) is 31.7 cm³/mol. The number of hydrogen-bond donors (Lipinski definition) is 0. The van der Waals surface area contributed by atoms with Gasteiger partial charge in [-0.05, 0) is 12.8 Å². The molecule has 0 aliphatic heterocycles. The molecule has 0 N–H and O–H groups in total. The summed E-state index contributed by atoms with van der Waals surface area (Å²) >= 11 is 0. The third kappa shape index (κ3) is 55.6. The van der Waals surface area contributed by atoms with Crippen LogP contribution in [-0.2, 0) is 30.0 Å². The maximum absolute atomic E-state index is 9.26. The van der Waals surface area contributed by atoms with Crippen LogP contribution in [0.5, 0.6) is 0 Å². The third-order valence-electron chi connectivity index (χ3n) is 0.577. The molecule has 0 saturated heterocycles. The van der Waals surface area contributed by atoms with Gasteiger partial charge in [0.05, 0.1) is 0 Å². The molecule has 0 bridgehead atoms. The van der Waals surface area contributed by atoms with Crippen molar-refractivity contribution in [1.82, 2.24) is 0 Å². The Bertz CT molecular complexity index is 104. The molecule has 0 heterocycles. The van der Waals surface area contributed by atoms with E-state index in [0.29, 0.717) is 0 Å². The Kier molecular flexibility index (Phi) is 31.7. The molecule has 0 aromatic rings. The van der Waals surface area contributed by atoms with Crippen molar-refractivity contribution in [3.05, 3.63) is 0 Å².